The molecule has 3 rings (SSSR count). The molecule has 3 fully saturated rings. The molecule has 3 aliphatic rings. The van der Waals surface area contributed by atoms with Crippen LogP contribution in [0.1, 0.15) is 39.0 Å². The zero-order valence-electron chi connectivity index (χ0n) is 14.2. The minimum Gasteiger partial charge on any atom is -0.343 e. The van der Waals surface area contributed by atoms with Crippen LogP contribution in [-0.2, 0) is 19.4 Å². The summed E-state index contributed by atoms with van der Waals surface area (Å²) in [5, 5.41) is 6.22. The van der Waals surface area contributed by atoms with Crippen LogP contribution < -0.4 is 10.6 Å². The van der Waals surface area contributed by atoms with Gasteiger partial charge in [-0.15, -0.1) is 0 Å². The van der Waals surface area contributed by atoms with Crippen LogP contribution in [0.3, 0.4) is 0 Å². The molecule has 2 heterocycles. The number of hydrogen-bond donors (Lipinski definition) is 2. The summed E-state index contributed by atoms with van der Waals surface area (Å²) in [7, 11) is -3.01. The van der Waals surface area contributed by atoms with Gasteiger partial charge in [-0.3, -0.25) is 9.59 Å². The first-order valence-electron chi connectivity index (χ1n) is 8.91. The van der Waals surface area contributed by atoms with Crippen LogP contribution in [0.15, 0.2) is 0 Å². The molecule has 0 aromatic heterocycles. The van der Waals surface area contributed by atoms with Crippen LogP contribution in [0, 0.1) is 5.92 Å². The van der Waals surface area contributed by atoms with Gasteiger partial charge in [-0.1, -0.05) is 12.8 Å². The summed E-state index contributed by atoms with van der Waals surface area (Å²) in [6.07, 6.45) is 5.61. The molecule has 8 heteroatoms. The van der Waals surface area contributed by atoms with Gasteiger partial charge in [-0.05, 0) is 32.1 Å². The zero-order chi connectivity index (χ0) is 17.3. The summed E-state index contributed by atoms with van der Waals surface area (Å²) >= 11 is 0. The van der Waals surface area contributed by atoms with Crippen molar-refractivity contribution in [2.75, 3.05) is 24.6 Å². The Morgan fingerprint density at radius 2 is 1.83 bits per heavy atom. The minimum atomic E-state index is -3.01. The van der Waals surface area contributed by atoms with E-state index in [2.05, 4.69) is 10.6 Å². The molecular weight excluding hydrogens is 330 g/mol. The second-order valence-corrected chi connectivity index (χ2v) is 9.62. The van der Waals surface area contributed by atoms with Gasteiger partial charge in [0.15, 0.2) is 9.84 Å². The maximum absolute atomic E-state index is 12.4. The average Bonchev–Trinajstić information content (AvgIpc) is 2.98. The maximum Gasteiger partial charge on any atom is 0.244 e. The van der Waals surface area contributed by atoms with E-state index in [1.165, 1.54) is 24.2 Å². The number of nitrogens with zero attached hydrogens (tertiary/aromatic N) is 1. The molecule has 2 N–H and O–H groups in total. The van der Waals surface area contributed by atoms with Gasteiger partial charge in [-0.25, -0.2) is 8.42 Å². The van der Waals surface area contributed by atoms with E-state index in [9.17, 15) is 18.0 Å². The summed E-state index contributed by atoms with van der Waals surface area (Å²) in [6, 6.07) is -0.398. The van der Waals surface area contributed by atoms with Gasteiger partial charge in [0.05, 0.1) is 17.5 Å². The lowest BCUT2D eigenvalue weighted by Gasteiger charge is -2.29. The fraction of sp³-hybridized carbons (Fsp3) is 0.875. The molecule has 4 unspecified atom stereocenters. The molecule has 2 aliphatic heterocycles. The summed E-state index contributed by atoms with van der Waals surface area (Å²) in [4.78, 5) is 26.4. The fourth-order valence-corrected chi connectivity index (χ4v) is 5.30. The second kappa shape index (κ2) is 7.00. The van der Waals surface area contributed by atoms with Gasteiger partial charge < -0.3 is 15.5 Å². The summed E-state index contributed by atoms with van der Waals surface area (Å²) in [6.45, 7) is 2.10. The Labute approximate surface area is 143 Å². The normalized spacial score (nSPS) is 33.5. The Morgan fingerprint density at radius 3 is 2.50 bits per heavy atom. The highest BCUT2D eigenvalue weighted by atomic mass is 32.2. The van der Waals surface area contributed by atoms with E-state index >= 15 is 0 Å². The van der Waals surface area contributed by atoms with E-state index < -0.39 is 15.9 Å². The number of rotatable bonds is 3. The van der Waals surface area contributed by atoms with Crippen molar-refractivity contribution < 1.29 is 18.0 Å². The number of hydrogen-bond acceptors (Lipinski definition) is 5. The van der Waals surface area contributed by atoms with Gasteiger partial charge in [0, 0.05) is 19.1 Å². The highest BCUT2D eigenvalue weighted by molar-refractivity contribution is 7.91. The standard InChI is InChI=1S/C16H27N3O4S/c1-11(16(21)19-6-8-24(22,23)9-7-19)17-15(20)14-10-12-4-2-3-5-13(12)18-14/h11-14,18H,2-10H2,1H3,(H,17,20). The predicted molar refractivity (Wildman–Crippen MR) is 90.1 cm³/mol. The van der Waals surface area contributed by atoms with Gasteiger partial charge in [0.2, 0.25) is 11.8 Å². The van der Waals surface area contributed by atoms with Crippen molar-refractivity contribution in [3.05, 3.63) is 0 Å². The average molecular weight is 357 g/mol. The Hall–Kier alpha value is -1.15. The smallest absolute Gasteiger partial charge is 0.244 e. The minimum absolute atomic E-state index is 0.00689. The van der Waals surface area contributed by atoms with E-state index in [4.69, 9.17) is 0 Å². The summed E-state index contributed by atoms with van der Waals surface area (Å²) in [5.41, 5.74) is 0. The molecule has 2 amide bonds. The molecular formula is C16H27N3O4S. The Bertz CT molecular complexity index is 578. The molecule has 0 radical (unpaired) electrons. The first kappa shape index (κ1) is 17.7. The van der Waals surface area contributed by atoms with E-state index in [1.807, 2.05) is 0 Å². The highest BCUT2D eigenvalue weighted by Gasteiger charge is 2.39. The van der Waals surface area contributed by atoms with Crippen molar-refractivity contribution in [2.45, 2.75) is 57.2 Å². The van der Waals surface area contributed by atoms with Crippen LogP contribution in [0.2, 0.25) is 0 Å². The van der Waals surface area contributed by atoms with E-state index in [-0.39, 0.29) is 42.5 Å². The summed E-state index contributed by atoms with van der Waals surface area (Å²) in [5.74, 6) is 0.274. The van der Waals surface area contributed by atoms with Crippen LogP contribution in [0.4, 0.5) is 0 Å². The molecule has 0 spiro atoms. The van der Waals surface area contributed by atoms with Gasteiger partial charge in [0.1, 0.15) is 6.04 Å². The Morgan fingerprint density at radius 1 is 1.17 bits per heavy atom. The zero-order valence-corrected chi connectivity index (χ0v) is 15.0. The van der Waals surface area contributed by atoms with Crippen LogP contribution in [0.25, 0.3) is 0 Å². The summed E-state index contributed by atoms with van der Waals surface area (Å²) < 4.78 is 22.9. The van der Waals surface area contributed by atoms with Gasteiger partial charge in [-0.2, -0.15) is 0 Å². The number of nitrogens with one attached hydrogen (secondary N) is 2. The van der Waals surface area contributed by atoms with E-state index in [0.717, 1.165) is 12.8 Å². The van der Waals surface area contributed by atoms with Crippen molar-refractivity contribution in [3.63, 3.8) is 0 Å². The molecule has 0 aromatic rings. The van der Waals surface area contributed by atoms with Gasteiger partial charge >= 0.3 is 0 Å². The maximum atomic E-state index is 12.4. The number of carbonyl (C=O) groups is 2. The largest absolute Gasteiger partial charge is 0.343 e. The molecule has 1 saturated carbocycles. The Balaban J connectivity index is 1.50. The lowest BCUT2D eigenvalue weighted by Crippen LogP contribution is -2.54. The van der Waals surface area contributed by atoms with E-state index in [1.54, 1.807) is 6.92 Å². The van der Waals surface area contributed by atoms with Crippen molar-refractivity contribution in [2.24, 2.45) is 5.92 Å². The number of amides is 2. The fourth-order valence-electron chi connectivity index (χ4n) is 4.10. The number of carbonyl (C=O) groups excluding carboxylic acids is 2. The van der Waals surface area contributed by atoms with Crippen molar-refractivity contribution in [1.29, 1.82) is 0 Å². The molecule has 1 aliphatic carbocycles. The lowest BCUT2D eigenvalue weighted by atomic mass is 9.85. The molecule has 0 bridgehead atoms. The number of fused-ring (bicyclic) bond motifs is 1. The quantitative estimate of drug-likeness (QED) is 0.721. The van der Waals surface area contributed by atoms with Gasteiger partial charge in [0.25, 0.3) is 0 Å². The van der Waals surface area contributed by atoms with Crippen LogP contribution in [-0.4, -0.2) is 67.9 Å². The first-order valence-corrected chi connectivity index (χ1v) is 10.7. The third-order valence-electron chi connectivity index (χ3n) is 5.56. The monoisotopic (exact) mass is 357 g/mol. The topological polar surface area (TPSA) is 95.6 Å². The Kier molecular flexibility index (Phi) is 5.15. The van der Waals surface area contributed by atoms with Crippen molar-refractivity contribution in [3.8, 4) is 0 Å². The van der Waals surface area contributed by atoms with Crippen molar-refractivity contribution in [1.82, 2.24) is 15.5 Å². The van der Waals surface area contributed by atoms with Crippen LogP contribution >= 0.6 is 0 Å². The SMILES string of the molecule is CC(NC(=O)C1CC2CCCCC2N1)C(=O)N1CCS(=O)(=O)CC1. The molecule has 7 nitrogen and oxygen atoms in total. The first-order chi connectivity index (χ1) is 11.4. The second-order valence-electron chi connectivity index (χ2n) is 7.31. The lowest BCUT2D eigenvalue weighted by molar-refractivity contribution is -0.136. The predicted octanol–water partition coefficient (Wildman–Crippen LogP) is -0.331. The molecule has 24 heavy (non-hydrogen) atoms. The van der Waals surface area contributed by atoms with E-state index in [0.29, 0.717) is 12.0 Å². The highest BCUT2D eigenvalue weighted by Crippen LogP contribution is 2.33. The molecule has 136 valence electrons. The third kappa shape index (κ3) is 3.91. The number of sulfone groups is 1. The van der Waals surface area contributed by atoms with Crippen molar-refractivity contribution >= 4 is 21.7 Å². The third-order valence-corrected chi connectivity index (χ3v) is 7.17. The molecule has 2 saturated heterocycles. The van der Waals surface area contributed by atoms with Crippen LogP contribution in [0.5, 0.6) is 0 Å². The molecule has 0 aromatic carbocycles. The molecule has 4 atom stereocenters.